The van der Waals surface area contributed by atoms with Gasteiger partial charge in [0.2, 0.25) is 5.95 Å². The molecular weight excluding hydrogens is 314 g/mol. The standard InChI is InChI=1S/C17H16ClN3O2/c1-10-9-12(18)7-8-15(10)23-11(2)16(22)21-17-19-13-5-3-4-6-14(13)20-17/h3-9,11H,1-2H3,(H2,19,20,21,22)/t11-/m1/s1. The highest BCUT2D eigenvalue weighted by atomic mass is 35.5. The zero-order valence-electron chi connectivity index (χ0n) is 12.8. The van der Waals surface area contributed by atoms with Crippen LogP contribution in [0.15, 0.2) is 42.5 Å². The van der Waals surface area contributed by atoms with Gasteiger partial charge in [0.15, 0.2) is 6.10 Å². The number of imidazole rings is 1. The quantitative estimate of drug-likeness (QED) is 0.762. The van der Waals surface area contributed by atoms with Gasteiger partial charge in [0.1, 0.15) is 5.75 Å². The first-order chi connectivity index (χ1) is 11.0. The number of benzene rings is 2. The van der Waals surface area contributed by atoms with Gasteiger partial charge in [-0.2, -0.15) is 0 Å². The van der Waals surface area contributed by atoms with E-state index >= 15 is 0 Å². The molecule has 0 aliphatic rings. The molecule has 3 rings (SSSR count). The van der Waals surface area contributed by atoms with Gasteiger partial charge in [-0.3, -0.25) is 10.1 Å². The van der Waals surface area contributed by atoms with Gasteiger partial charge < -0.3 is 9.72 Å². The normalized spacial score (nSPS) is 12.1. The van der Waals surface area contributed by atoms with E-state index in [0.717, 1.165) is 16.6 Å². The molecule has 23 heavy (non-hydrogen) atoms. The Hall–Kier alpha value is -2.53. The molecule has 1 aromatic heterocycles. The average Bonchev–Trinajstić information content (AvgIpc) is 2.92. The molecule has 0 aliphatic heterocycles. The van der Waals surface area contributed by atoms with Gasteiger partial charge in [-0.1, -0.05) is 23.7 Å². The number of carbonyl (C=O) groups excluding carboxylic acids is 1. The lowest BCUT2D eigenvalue weighted by atomic mass is 10.2. The number of ether oxygens (including phenoxy) is 1. The second-order valence-corrected chi connectivity index (χ2v) is 5.70. The molecule has 6 heteroatoms. The zero-order valence-corrected chi connectivity index (χ0v) is 13.5. The van der Waals surface area contributed by atoms with Gasteiger partial charge in [-0.25, -0.2) is 4.98 Å². The molecule has 1 atom stereocenters. The van der Waals surface area contributed by atoms with Crippen molar-refractivity contribution in [3.8, 4) is 5.75 Å². The molecule has 0 unspecified atom stereocenters. The molecule has 0 saturated heterocycles. The summed E-state index contributed by atoms with van der Waals surface area (Å²) in [6, 6.07) is 12.8. The van der Waals surface area contributed by atoms with Crippen LogP contribution in [0.25, 0.3) is 11.0 Å². The van der Waals surface area contributed by atoms with Crippen LogP contribution in [0.1, 0.15) is 12.5 Å². The van der Waals surface area contributed by atoms with Crippen LogP contribution in [0, 0.1) is 6.92 Å². The first-order valence-corrected chi connectivity index (χ1v) is 7.59. The SMILES string of the molecule is Cc1cc(Cl)ccc1O[C@H](C)C(=O)Nc1nc2ccccc2[nH]1. The lowest BCUT2D eigenvalue weighted by Gasteiger charge is -2.15. The molecule has 2 N–H and O–H groups in total. The second kappa shape index (κ2) is 6.30. The van der Waals surface area contributed by atoms with E-state index in [2.05, 4.69) is 15.3 Å². The van der Waals surface area contributed by atoms with Gasteiger partial charge in [-0.05, 0) is 49.7 Å². The predicted octanol–water partition coefficient (Wildman–Crippen LogP) is 3.93. The van der Waals surface area contributed by atoms with Gasteiger partial charge >= 0.3 is 0 Å². The smallest absolute Gasteiger partial charge is 0.267 e. The molecule has 5 nitrogen and oxygen atoms in total. The van der Waals surface area contributed by atoms with Gasteiger partial charge in [-0.15, -0.1) is 0 Å². The van der Waals surface area contributed by atoms with Crippen LogP contribution < -0.4 is 10.1 Å². The monoisotopic (exact) mass is 329 g/mol. The average molecular weight is 330 g/mol. The summed E-state index contributed by atoms with van der Waals surface area (Å²) >= 11 is 5.91. The molecule has 0 spiro atoms. The number of para-hydroxylation sites is 2. The van der Waals surface area contributed by atoms with Crippen LogP contribution in [0.2, 0.25) is 5.02 Å². The van der Waals surface area contributed by atoms with Crippen LogP contribution in [0.5, 0.6) is 5.75 Å². The number of aryl methyl sites for hydroxylation is 1. The maximum atomic E-state index is 12.2. The van der Waals surface area contributed by atoms with E-state index in [0.29, 0.717) is 16.7 Å². The largest absolute Gasteiger partial charge is 0.481 e. The van der Waals surface area contributed by atoms with Gasteiger partial charge in [0, 0.05) is 5.02 Å². The number of nitrogens with zero attached hydrogens (tertiary/aromatic N) is 1. The number of aromatic nitrogens is 2. The van der Waals surface area contributed by atoms with E-state index in [4.69, 9.17) is 16.3 Å². The zero-order chi connectivity index (χ0) is 16.4. The second-order valence-electron chi connectivity index (χ2n) is 5.26. The Morgan fingerprint density at radius 2 is 2.09 bits per heavy atom. The number of H-pyrrole nitrogens is 1. The Morgan fingerprint density at radius 3 is 2.83 bits per heavy atom. The van der Waals surface area contributed by atoms with E-state index in [1.807, 2.05) is 31.2 Å². The van der Waals surface area contributed by atoms with E-state index < -0.39 is 6.10 Å². The Bertz CT molecular complexity index is 827. The van der Waals surface area contributed by atoms with Crippen LogP contribution in [-0.4, -0.2) is 22.0 Å². The van der Waals surface area contributed by atoms with Crippen molar-refractivity contribution >= 4 is 34.5 Å². The fraction of sp³-hybridized carbons (Fsp3) is 0.176. The Balaban J connectivity index is 1.69. The number of halogens is 1. The minimum absolute atomic E-state index is 0.279. The van der Waals surface area contributed by atoms with Crippen molar-refractivity contribution in [3.63, 3.8) is 0 Å². The molecule has 1 heterocycles. The van der Waals surface area contributed by atoms with Crippen LogP contribution in [0.4, 0.5) is 5.95 Å². The number of aromatic amines is 1. The number of anilines is 1. The summed E-state index contributed by atoms with van der Waals surface area (Å²) in [4.78, 5) is 19.6. The van der Waals surface area contributed by atoms with Crippen molar-refractivity contribution < 1.29 is 9.53 Å². The highest BCUT2D eigenvalue weighted by Gasteiger charge is 2.17. The molecular formula is C17H16ClN3O2. The van der Waals surface area contributed by atoms with Crippen molar-refractivity contribution in [1.29, 1.82) is 0 Å². The maximum absolute atomic E-state index is 12.2. The molecule has 0 bridgehead atoms. The number of carbonyl (C=O) groups is 1. The highest BCUT2D eigenvalue weighted by molar-refractivity contribution is 6.30. The lowest BCUT2D eigenvalue weighted by molar-refractivity contribution is -0.122. The van der Waals surface area contributed by atoms with E-state index in [-0.39, 0.29) is 5.91 Å². The van der Waals surface area contributed by atoms with Gasteiger partial charge in [0.05, 0.1) is 11.0 Å². The summed E-state index contributed by atoms with van der Waals surface area (Å²) in [5, 5.41) is 3.36. The Kier molecular flexibility index (Phi) is 4.21. The predicted molar refractivity (Wildman–Crippen MR) is 91.0 cm³/mol. The Labute approximate surface area is 138 Å². The van der Waals surface area contributed by atoms with Crippen molar-refractivity contribution in [3.05, 3.63) is 53.1 Å². The highest BCUT2D eigenvalue weighted by Crippen LogP contribution is 2.23. The topological polar surface area (TPSA) is 67.0 Å². The number of amides is 1. The number of fused-ring (bicyclic) bond motifs is 1. The first kappa shape index (κ1) is 15.4. The minimum atomic E-state index is -0.664. The van der Waals surface area contributed by atoms with E-state index in [1.165, 1.54) is 0 Å². The molecule has 1 amide bonds. The van der Waals surface area contributed by atoms with Crippen LogP contribution in [-0.2, 0) is 4.79 Å². The van der Waals surface area contributed by atoms with Crippen LogP contribution >= 0.6 is 11.6 Å². The molecule has 0 fully saturated rings. The molecule has 0 saturated carbocycles. The maximum Gasteiger partial charge on any atom is 0.267 e. The van der Waals surface area contributed by atoms with Crippen LogP contribution in [0.3, 0.4) is 0 Å². The van der Waals surface area contributed by atoms with Crippen molar-refractivity contribution in [2.75, 3.05) is 5.32 Å². The summed E-state index contributed by atoms with van der Waals surface area (Å²) in [5.41, 5.74) is 2.54. The number of hydrogen-bond donors (Lipinski definition) is 2. The third-order valence-electron chi connectivity index (χ3n) is 3.44. The van der Waals surface area contributed by atoms with Gasteiger partial charge in [0.25, 0.3) is 5.91 Å². The van der Waals surface area contributed by atoms with E-state index in [9.17, 15) is 4.79 Å². The number of rotatable bonds is 4. The fourth-order valence-corrected chi connectivity index (χ4v) is 2.45. The summed E-state index contributed by atoms with van der Waals surface area (Å²) in [6.07, 6.45) is -0.664. The molecule has 0 radical (unpaired) electrons. The fourth-order valence-electron chi connectivity index (χ4n) is 2.22. The minimum Gasteiger partial charge on any atom is -0.481 e. The summed E-state index contributed by atoms with van der Waals surface area (Å²) in [7, 11) is 0. The van der Waals surface area contributed by atoms with Crippen molar-refractivity contribution in [1.82, 2.24) is 9.97 Å². The molecule has 2 aromatic carbocycles. The summed E-state index contributed by atoms with van der Waals surface area (Å²) < 4.78 is 5.70. The van der Waals surface area contributed by atoms with Crippen molar-refractivity contribution in [2.24, 2.45) is 0 Å². The molecule has 0 aliphatic carbocycles. The molecule has 118 valence electrons. The summed E-state index contributed by atoms with van der Waals surface area (Å²) in [6.45, 7) is 3.57. The van der Waals surface area contributed by atoms with E-state index in [1.54, 1.807) is 25.1 Å². The first-order valence-electron chi connectivity index (χ1n) is 7.21. The Morgan fingerprint density at radius 1 is 1.30 bits per heavy atom. The number of nitrogens with one attached hydrogen (secondary N) is 2. The molecule has 3 aromatic rings. The number of hydrogen-bond acceptors (Lipinski definition) is 3. The summed E-state index contributed by atoms with van der Waals surface area (Å²) in [5.74, 6) is 0.750. The third kappa shape index (κ3) is 3.46. The van der Waals surface area contributed by atoms with Crippen molar-refractivity contribution in [2.45, 2.75) is 20.0 Å². The third-order valence-corrected chi connectivity index (χ3v) is 3.68. The lowest BCUT2D eigenvalue weighted by Crippen LogP contribution is -2.30.